The molecule has 1 N–H and O–H groups in total. The fourth-order valence-electron chi connectivity index (χ4n) is 2.62. The quantitative estimate of drug-likeness (QED) is 0.932. The molecule has 3 rings (SSSR count). The van der Waals surface area contributed by atoms with Crippen molar-refractivity contribution in [1.29, 1.82) is 0 Å². The van der Waals surface area contributed by atoms with Crippen LogP contribution in [0.1, 0.15) is 32.6 Å². The van der Waals surface area contributed by atoms with Gasteiger partial charge in [0.2, 0.25) is 0 Å². The second kappa shape index (κ2) is 6.53. The summed E-state index contributed by atoms with van der Waals surface area (Å²) in [6.45, 7) is 2.83. The Hall–Kier alpha value is -1.47. The number of aliphatic hydroxyl groups is 1. The Labute approximate surface area is 128 Å². The van der Waals surface area contributed by atoms with Crippen LogP contribution in [0.15, 0.2) is 23.7 Å². The number of nitrogens with zero attached hydrogens (tertiary/aromatic N) is 5. The summed E-state index contributed by atoms with van der Waals surface area (Å²) in [5.41, 5.74) is 0.725. The summed E-state index contributed by atoms with van der Waals surface area (Å²) in [4.78, 5) is 8.37. The number of hydrogen-bond acceptors (Lipinski definition) is 6. The van der Waals surface area contributed by atoms with E-state index in [4.69, 9.17) is 0 Å². The van der Waals surface area contributed by atoms with Gasteiger partial charge in [0.15, 0.2) is 11.0 Å². The van der Waals surface area contributed by atoms with Crippen LogP contribution in [-0.2, 0) is 6.54 Å². The Morgan fingerprint density at radius 1 is 1.29 bits per heavy atom. The van der Waals surface area contributed by atoms with Gasteiger partial charge in [-0.15, -0.1) is 10.2 Å². The molecule has 0 aliphatic heterocycles. The minimum Gasteiger partial charge on any atom is -0.392 e. The Morgan fingerprint density at radius 2 is 2.14 bits per heavy atom. The van der Waals surface area contributed by atoms with Gasteiger partial charge >= 0.3 is 0 Å². The summed E-state index contributed by atoms with van der Waals surface area (Å²) in [6, 6.07) is 0. The van der Waals surface area contributed by atoms with E-state index in [2.05, 4.69) is 27.1 Å². The first kappa shape index (κ1) is 14.5. The maximum Gasteiger partial charge on any atom is 0.191 e. The van der Waals surface area contributed by atoms with Crippen molar-refractivity contribution in [2.45, 2.75) is 55.7 Å². The molecule has 2 heterocycles. The zero-order valence-electron chi connectivity index (χ0n) is 12.0. The summed E-state index contributed by atoms with van der Waals surface area (Å²) in [5, 5.41) is 19.7. The van der Waals surface area contributed by atoms with Crippen molar-refractivity contribution in [2.75, 3.05) is 0 Å². The molecule has 0 amide bonds. The topological polar surface area (TPSA) is 76.7 Å². The molecule has 0 aromatic carbocycles. The molecule has 2 aromatic heterocycles. The number of rotatable bonds is 4. The van der Waals surface area contributed by atoms with Gasteiger partial charge in [0, 0.05) is 24.2 Å². The van der Waals surface area contributed by atoms with Crippen molar-refractivity contribution in [1.82, 2.24) is 24.7 Å². The van der Waals surface area contributed by atoms with Crippen molar-refractivity contribution in [3.05, 3.63) is 18.6 Å². The molecule has 1 aliphatic carbocycles. The first-order chi connectivity index (χ1) is 10.3. The zero-order chi connectivity index (χ0) is 14.7. The highest BCUT2D eigenvalue weighted by atomic mass is 32.2. The van der Waals surface area contributed by atoms with Gasteiger partial charge in [-0.2, -0.15) is 0 Å². The predicted octanol–water partition coefficient (Wildman–Crippen LogP) is 2.15. The van der Waals surface area contributed by atoms with Crippen LogP contribution in [-0.4, -0.2) is 41.2 Å². The van der Waals surface area contributed by atoms with E-state index in [9.17, 15) is 5.11 Å². The van der Waals surface area contributed by atoms with Crippen molar-refractivity contribution in [3.63, 3.8) is 0 Å². The van der Waals surface area contributed by atoms with E-state index >= 15 is 0 Å². The second-order valence-electron chi connectivity index (χ2n) is 5.15. The number of aliphatic hydroxyl groups excluding tert-OH is 1. The van der Waals surface area contributed by atoms with Crippen LogP contribution in [0.4, 0.5) is 0 Å². The first-order valence-corrected chi connectivity index (χ1v) is 8.22. The molecule has 21 heavy (non-hydrogen) atoms. The molecule has 0 radical (unpaired) electrons. The molecule has 0 bridgehead atoms. The van der Waals surface area contributed by atoms with Crippen LogP contribution in [0, 0.1) is 0 Å². The fourth-order valence-corrected chi connectivity index (χ4v) is 3.89. The maximum atomic E-state index is 10.1. The minimum absolute atomic E-state index is 0.211. The maximum absolute atomic E-state index is 10.1. The van der Waals surface area contributed by atoms with Crippen molar-refractivity contribution >= 4 is 11.8 Å². The fraction of sp³-hybridized carbons (Fsp3) is 0.571. The van der Waals surface area contributed by atoms with E-state index < -0.39 is 0 Å². The van der Waals surface area contributed by atoms with Gasteiger partial charge in [0.1, 0.15) is 5.69 Å². The minimum atomic E-state index is -0.245. The number of hydrogen-bond donors (Lipinski definition) is 1. The number of thioether (sulfide) groups is 1. The molecule has 112 valence electrons. The van der Waals surface area contributed by atoms with Gasteiger partial charge < -0.3 is 9.67 Å². The van der Waals surface area contributed by atoms with E-state index in [1.54, 1.807) is 30.4 Å². The second-order valence-corrected chi connectivity index (χ2v) is 6.36. The van der Waals surface area contributed by atoms with Crippen LogP contribution >= 0.6 is 11.8 Å². The lowest BCUT2D eigenvalue weighted by Gasteiger charge is -2.26. The molecule has 2 atom stereocenters. The number of aromatic nitrogens is 5. The van der Waals surface area contributed by atoms with Crippen molar-refractivity contribution < 1.29 is 5.11 Å². The molecule has 2 unspecified atom stereocenters. The third kappa shape index (κ3) is 3.08. The van der Waals surface area contributed by atoms with Crippen LogP contribution in [0.3, 0.4) is 0 Å². The molecule has 0 saturated heterocycles. The van der Waals surface area contributed by atoms with Crippen molar-refractivity contribution in [3.8, 4) is 11.5 Å². The normalized spacial score (nSPS) is 22.4. The SMILES string of the molecule is CCn1c(SC2CCCCC2O)nnc1-c1cnccn1. The van der Waals surface area contributed by atoms with Gasteiger partial charge in [0.25, 0.3) is 0 Å². The summed E-state index contributed by atoms with van der Waals surface area (Å²) in [7, 11) is 0. The van der Waals surface area contributed by atoms with E-state index in [1.807, 2.05) is 4.57 Å². The van der Waals surface area contributed by atoms with Gasteiger partial charge in [0.05, 0.1) is 12.3 Å². The van der Waals surface area contributed by atoms with Crippen LogP contribution in [0.2, 0.25) is 0 Å². The van der Waals surface area contributed by atoms with E-state index in [0.29, 0.717) is 0 Å². The standard InChI is InChI=1S/C14H19N5OS/c1-2-19-13(10-9-15-7-8-16-10)17-18-14(19)21-12-6-4-3-5-11(12)20/h7-9,11-12,20H,2-6H2,1H3. The highest BCUT2D eigenvalue weighted by Gasteiger charge is 2.26. The summed E-state index contributed by atoms with van der Waals surface area (Å²) >= 11 is 1.63. The van der Waals surface area contributed by atoms with E-state index in [0.717, 1.165) is 42.5 Å². The summed E-state index contributed by atoms with van der Waals surface area (Å²) < 4.78 is 2.04. The van der Waals surface area contributed by atoms with Crippen LogP contribution in [0.25, 0.3) is 11.5 Å². The predicted molar refractivity (Wildman–Crippen MR) is 80.8 cm³/mol. The lowest BCUT2D eigenvalue weighted by Crippen LogP contribution is -2.27. The average Bonchev–Trinajstić information content (AvgIpc) is 2.93. The Bertz CT molecular complexity index is 588. The van der Waals surface area contributed by atoms with Gasteiger partial charge in [-0.05, 0) is 19.8 Å². The first-order valence-electron chi connectivity index (χ1n) is 7.34. The summed E-state index contributed by atoms with van der Waals surface area (Å²) in [6.07, 6.45) is 8.95. The van der Waals surface area contributed by atoms with Gasteiger partial charge in [-0.3, -0.25) is 4.98 Å². The molecule has 0 spiro atoms. The van der Waals surface area contributed by atoms with Gasteiger partial charge in [-0.25, -0.2) is 4.98 Å². The van der Waals surface area contributed by atoms with Crippen LogP contribution < -0.4 is 0 Å². The Morgan fingerprint density at radius 3 is 2.86 bits per heavy atom. The molecule has 1 aliphatic rings. The van der Waals surface area contributed by atoms with Gasteiger partial charge in [-0.1, -0.05) is 24.6 Å². The molecule has 1 saturated carbocycles. The van der Waals surface area contributed by atoms with Crippen molar-refractivity contribution in [2.24, 2.45) is 0 Å². The third-order valence-corrected chi connectivity index (χ3v) is 5.12. The average molecular weight is 305 g/mol. The smallest absolute Gasteiger partial charge is 0.191 e. The summed E-state index contributed by atoms with van der Waals surface area (Å²) in [5.74, 6) is 0.735. The lowest BCUT2D eigenvalue weighted by atomic mass is 9.97. The monoisotopic (exact) mass is 305 g/mol. The molecule has 7 heteroatoms. The Kier molecular flexibility index (Phi) is 4.50. The molecule has 1 fully saturated rings. The van der Waals surface area contributed by atoms with Crippen LogP contribution in [0.5, 0.6) is 0 Å². The molecule has 6 nitrogen and oxygen atoms in total. The third-order valence-electron chi connectivity index (χ3n) is 3.75. The lowest BCUT2D eigenvalue weighted by molar-refractivity contribution is 0.137. The molecule has 2 aromatic rings. The highest BCUT2D eigenvalue weighted by Crippen LogP contribution is 2.34. The van der Waals surface area contributed by atoms with E-state index in [1.165, 1.54) is 6.42 Å². The highest BCUT2D eigenvalue weighted by molar-refractivity contribution is 7.99. The molecular weight excluding hydrogens is 286 g/mol. The largest absolute Gasteiger partial charge is 0.392 e. The zero-order valence-corrected chi connectivity index (χ0v) is 12.8. The van der Waals surface area contributed by atoms with E-state index in [-0.39, 0.29) is 11.4 Å². The Balaban J connectivity index is 1.85. The molecular formula is C14H19N5OS.